The Morgan fingerprint density at radius 3 is 2.13 bits per heavy atom. The summed E-state index contributed by atoms with van der Waals surface area (Å²) in [6, 6.07) is 17.7. The highest BCUT2D eigenvalue weighted by molar-refractivity contribution is 6.01. The number of ketones is 1. The molecule has 1 unspecified atom stereocenters. The topological polar surface area (TPSA) is 76.1 Å². The van der Waals surface area contributed by atoms with E-state index in [0.29, 0.717) is 25.1 Å². The maximum Gasteiger partial charge on any atom is 0.349 e. The normalized spacial score (nSPS) is 16.9. The van der Waals surface area contributed by atoms with Crippen molar-refractivity contribution in [1.82, 2.24) is 5.06 Å². The first kappa shape index (κ1) is 27.6. The third-order valence-corrected chi connectivity index (χ3v) is 7.09. The number of piperidine rings is 1. The lowest BCUT2D eigenvalue weighted by atomic mass is 9.99. The first-order chi connectivity index (χ1) is 18.6. The number of ether oxygens (including phenoxy) is 1. The number of hydroxylamine groups is 2. The lowest BCUT2D eigenvalue weighted by Crippen LogP contribution is -2.32. The SMILES string of the molecule is O=C(/C=C/C(=O)ON1CCCCC1)OC(CCCCc1ccccc1)C(=O)c1ccc(N2CCCC2)cc1. The van der Waals surface area contributed by atoms with Gasteiger partial charge in [0.05, 0.1) is 0 Å². The summed E-state index contributed by atoms with van der Waals surface area (Å²) in [5, 5.41) is 1.62. The standard InChI is InChI=1S/C31H38N2O5/c34-29(19-20-30(35)38-33-23-7-2-8-24-33)37-28(14-6-5-13-25-11-3-1-4-12-25)31(36)26-15-17-27(18-16-26)32-21-9-10-22-32/h1,3-4,11-12,15-20,28H,2,5-10,13-14,21-24H2/b20-19+. The average Bonchev–Trinajstić information content (AvgIpc) is 3.50. The fraction of sp³-hybridized carbons (Fsp3) is 0.452. The molecule has 38 heavy (non-hydrogen) atoms. The quantitative estimate of drug-likeness (QED) is 0.163. The molecule has 2 aliphatic heterocycles. The molecule has 2 saturated heterocycles. The van der Waals surface area contributed by atoms with E-state index >= 15 is 0 Å². The molecule has 7 heteroatoms. The molecule has 4 rings (SSSR count). The lowest BCUT2D eigenvalue weighted by Gasteiger charge is -2.24. The van der Waals surface area contributed by atoms with E-state index < -0.39 is 18.0 Å². The van der Waals surface area contributed by atoms with E-state index in [1.807, 2.05) is 42.5 Å². The van der Waals surface area contributed by atoms with Gasteiger partial charge in [0, 0.05) is 49.6 Å². The van der Waals surface area contributed by atoms with Gasteiger partial charge in [0.15, 0.2) is 6.10 Å². The summed E-state index contributed by atoms with van der Waals surface area (Å²) < 4.78 is 5.58. The van der Waals surface area contributed by atoms with Crippen LogP contribution >= 0.6 is 0 Å². The maximum atomic E-state index is 13.4. The molecule has 0 amide bonds. The summed E-state index contributed by atoms with van der Waals surface area (Å²) in [4.78, 5) is 45.6. The van der Waals surface area contributed by atoms with Crippen LogP contribution in [0, 0.1) is 0 Å². The van der Waals surface area contributed by atoms with Gasteiger partial charge in [-0.1, -0.05) is 36.8 Å². The number of unbranched alkanes of at least 4 members (excludes halogenated alkanes) is 1. The zero-order valence-corrected chi connectivity index (χ0v) is 22.1. The van der Waals surface area contributed by atoms with Gasteiger partial charge in [0.2, 0.25) is 5.78 Å². The van der Waals surface area contributed by atoms with Gasteiger partial charge < -0.3 is 14.5 Å². The Bertz CT molecular complexity index is 1070. The number of anilines is 1. The van der Waals surface area contributed by atoms with Crippen LogP contribution in [0.15, 0.2) is 66.7 Å². The largest absolute Gasteiger partial charge is 0.451 e. The van der Waals surface area contributed by atoms with Gasteiger partial charge in [-0.05, 0) is 81.2 Å². The monoisotopic (exact) mass is 518 g/mol. The van der Waals surface area contributed by atoms with Crippen LogP contribution in [-0.2, 0) is 25.6 Å². The van der Waals surface area contributed by atoms with Crippen molar-refractivity contribution in [3.8, 4) is 0 Å². The number of nitrogens with zero attached hydrogens (tertiary/aromatic N) is 2. The maximum absolute atomic E-state index is 13.4. The van der Waals surface area contributed by atoms with E-state index in [2.05, 4.69) is 17.0 Å². The Labute approximate surface area is 225 Å². The Morgan fingerprint density at radius 1 is 0.763 bits per heavy atom. The lowest BCUT2D eigenvalue weighted by molar-refractivity contribution is -0.188. The van der Waals surface area contributed by atoms with E-state index in [1.165, 1.54) is 18.4 Å². The molecule has 1 atom stereocenters. The minimum Gasteiger partial charge on any atom is -0.451 e. The van der Waals surface area contributed by atoms with Crippen LogP contribution in [0.5, 0.6) is 0 Å². The van der Waals surface area contributed by atoms with Crippen molar-refractivity contribution >= 4 is 23.4 Å². The molecular weight excluding hydrogens is 480 g/mol. The molecule has 0 saturated carbocycles. The molecule has 2 aromatic rings. The molecule has 2 heterocycles. The second kappa shape index (κ2) is 14.5. The summed E-state index contributed by atoms with van der Waals surface area (Å²) >= 11 is 0. The van der Waals surface area contributed by atoms with Gasteiger partial charge in [0.1, 0.15) is 0 Å². The highest BCUT2D eigenvalue weighted by Crippen LogP contribution is 2.22. The molecule has 2 fully saturated rings. The van der Waals surface area contributed by atoms with Gasteiger partial charge in [-0.25, -0.2) is 9.59 Å². The van der Waals surface area contributed by atoms with Crippen LogP contribution in [-0.4, -0.2) is 55.1 Å². The molecule has 0 N–H and O–H groups in total. The van der Waals surface area contributed by atoms with E-state index in [0.717, 1.165) is 69.5 Å². The van der Waals surface area contributed by atoms with E-state index in [-0.39, 0.29) is 5.78 Å². The van der Waals surface area contributed by atoms with Crippen molar-refractivity contribution < 1.29 is 24.0 Å². The van der Waals surface area contributed by atoms with Crippen molar-refractivity contribution in [1.29, 1.82) is 0 Å². The first-order valence-corrected chi connectivity index (χ1v) is 13.9. The molecule has 2 aromatic carbocycles. The molecule has 0 bridgehead atoms. The van der Waals surface area contributed by atoms with Gasteiger partial charge >= 0.3 is 11.9 Å². The van der Waals surface area contributed by atoms with Crippen molar-refractivity contribution in [2.75, 3.05) is 31.1 Å². The second-order valence-corrected chi connectivity index (χ2v) is 10.00. The molecule has 202 valence electrons. The van der Waals surface area contributed by atoms with Crippen molar-refractivity contribution in [3.63, 3.8) is 0 Å². The van der Waals surface area contributed by atoms with E-state index in [4.69, 9.17) is 9.57 Å². The number of rotatable bonds is 12. The Balaban J connectivity index is 1.35. The number of benzene rings is 2. The van der Waals surface area contributed by atoms with Crippen LogP contribution in [0.4, 0.5) is 5.69 Å². The number of carbonyl (C=O) groups excluding carboxylic acids is 3. The van der Waals surface area contributed by atoms with Gasteiger partial charge in [0.25, 0.3) is 0 Å². The Hall–Kier alpha value is -3.45. The predicted octanol–water partition coefficient (Wildman–Crippen LogP) is 5.29. The average molecular weight is 519 g/mol. The van der Waals surface area contributed by atoms with Crippen molar-refractivity contribution in [3.05, 3.63) is 77.9 Å². The van der Waals surface area contributed by atoms with Crippen LogP contribution < -0.4 is 4.90 Å². The second-order valence-electron chi connectivity index (χ2n) is 10.00. The fourth-order valence-electron chi connectivity index (χ4n) is 4.97. The third-order valence-electron chi connectivity index (χ3n) is 7.09. The Kier molecular flexibility index (Phi) is 10.5. The number of esters is 1. The van der Waals surface area contributed by atoms with E-state index in [1.54, 1.807) is 5.06 Å². The summed E-state index contributed by atoms with van der Waals surface area (Å²) in [5.41, 5.74) is 2.85. The van der Waals surface area contributed by atoms with Crippen LogP contribution in [0.3, 0.4) is 0 Å². The number of hydrogen-bond acceptors (Lipinski definition) is 7. The van der Waals surface area contributed by atoms with Crippen LogP contribution in [0.2, 0.25) is 0 Å². The molecule has 0 aliphatic carbocycles. The first-order valence-electron chi connectivity index (χ1n) is 13.9. The van der Waals surface area contributed by atoms with Crippen LogP contribution in [0.1, 0.15) is 67.3 Å². The molecule has 0 radical (unpaired) electrons. The third kappa shape index (κ3) is 8.55. The minimum atomic E-state index is -0.918. The van der Waals surface area contributed by atoms with E-state index in [9.17, 15) is 14.4 Å². The fourth-order valence-corrected chi connectivity index (χ4v) is 4.97. The van der Waals surface area contributed by atoms with Gasteiger partial charge in [-0.3, -0.25) is 4.79 Å². The molecule has 0 spiro atoms. The smallest absolute Gasteiger partial charge is 0.349 e. The highest BCUT2D eigenvalue weighted by Gasteiger charge is 2.24. The zero-order chi connectivity index (χ0) is 26.6. The minimum absolute atomic E-state index is 0.227. The summed E-state index contributed by atoms with van der Waals surface area (Å²) in [6.45, 7) is 3.45. The van der Waals surface area contributed by atoms with Crippen molar-refractivity contribution in [2.24, 2.45) is 0 Å². The molecule has 7 nitrogen and oxygen atoms in total. The molecule has 0 aromatic heterocycles. The number of Topliss-reactive ketones (excluding diaryl/α,β-unsaturated/α-hetero) is 1. The summed E-state index contributed by atoms with van der Waals surface area (Å²) in [6.07, 6.45) is 9.55. The van der Waals surface area contributed by atoms with Crippen LogP contribution in [0.25, 0.3) is 0 Å². The summed E-state index contributed by atoms with van der Waals surface area (Å²) in [7, 11) is 0. The molecule has 2 aliphatic rings. The number of aryl methyl sites for hydroxylation is 1. The number of carbonyl (C=O) groups is 3. The Morgan fingerprint density at radius 2 is 1.42 bits per heavy atom. The molecular formula is C31H38N2O5. The number of hydrogen-bond donors (Lipinski definition) is 0. The zero-order valence-electron chi connectivity index (χ0n) is 22.1. The van der Waals surface area contributed by atoms with Gasteiger partial charge in [-0.2, -0.15) is 0 Å². The van der Waals surface area contributed by atoms with Gasteiger partial charge in [-0.15, -0.1) is 5.06 Å². The predicted molar refractivity (Wildman–Crippen MR) is 147 cm³/mol. The highest BCUT2D eigenvalue weighted by atomic mass is 16.7. The van der Waals surface area contributed by atoms with Crippen molar-refractivity contribution in [2.45, 2.75) is 63.9 Å². The summed E-state index contributed by atoms with van der Waals surface area (Å²) in [5.74, 6) is -1.57.